The highest BCUT2D eigenvalue weighted by Gasteiger charge is 2.09. The van der Waals surface area contributed by atoms with E-state index in [4.69, 9.17) is 9.52 Å². The highest BCUT2D eigenvalue weighted by Crippen LogP contribution is 2.20. The van der Waals surface area contributed by atoms with E-state index in [0.717, 1.165) is 31.0 Å². The van der Waals surface area contributed by atoms with Crippen LogP contribution in [-0.4, -0.2) is 18.3 Å². The van der Waals surface area contributed by atoms with Crippen molar-refractivity contribution in [1.82, 2.24) is 5.32 Å². The predicted molar refractivity (Wildman–Crippen MR) is 56.3 cm³/mol. The van der Waals surface area contributed by atoms with E-state index in [1.54, 1.807) is 0 Å². The van der Waals surface area contributed by atoms with Crippen LogP contribution in [0.1, 0.15) is 29.1 Å². The van der Waals surface area contributed by atoms with Crippen LogP contribution in [0.4, 0.5) is 0 Å². The summed E-state index contributed by atoms with van der Waals surface area (Å²) in [5.74, 6) is 2.00. The predicted octanol–water partition coefficient (Wildman–Crippen LogP) is 1.68. The number of rotatable bonds is 5. The Labute approximate surface area is 85.1 Å². The molecule has 0 amide bonds. The van der Waals surface area contributed by atoms with Crippen LogP contribution in [-0.2, 0) is 6.54 Å². The van der Waals surface area contributed by atoms with Gasteiger partial charge in [-0.25, -0.2) is 0 Å². The first-order valence-corrected chi connectivity index (χ1v) is 5.04. The molecule has 0 unspecified atom stereocenters. The molecule has 0 fully saturated rings. The number of furan rings is 1. The molecule has 14 heavy (non-hydrogen) atoms. The molecule has 1 aromatic rings. The second-order valence-electron chi connectivity index (χ2n) is 3.57. The zero-order valence-electron chi connectivity index (χ0n) is 9.18. The maximum atomic E-state index is 8.62. The molecule has 1 rings (SSSR count). The smallest absolute Gasteiger partial charge is 0.105 e. The molecule has 0 aromatic carbocycles. The van der Waals surface area contributed by atoms with E-state index in [1.807, 2.05) is 13.8 Å². The van der Waals surface area contributed by atoms with Gasteiger partial charge in [-0.15, -0.1) is 0 Å². The van der Waals surface area contributed by atoms with Gasteiger partial charge < -0.3 is 14.8 Å². The van der Waals surface area contributed by atoms with Gasteiger partial charge in [0.2, 0.25) is 0 Å². The molecule has 2 N–H and O–H groups in total. The van der Waals surface area contributed by atoms with E-state index >= 15 is 0 Å². The van der Waals surface area contributed by atoms with Crippen molar-refractivity contribution in [3.05, 3.63) is 22.6 Å². The third-order valence-corrected chi connectivity index (χ3v) is 2.53. The minimum Gasteiger partial charge on any atom is -0.466 e. The highest BCUT2D eigenvalue weighted by atomic mass is 16.3. The van der Waals surface area contributed by atoms with E-state index in [2.05, 4.69) is 12.2 Å². The van der Waals surface area contributed by atoms with Crippen LogP contribution in [0.15, 0.2) is 4.42 Å². The summed E-state index contributed by atoms with van der Waals surface area (Å²) in [5.41, 5.74) is 2.49. The van der Waals surface area contributed by atoms with Gasteiger partial charge in [-0.2, -0.15) is 0 Å². The lowest BCUT2D eigenvalue weighted by molar-refractivity contribution is 0.286. The fraction of sp³-hybridized carbons (Fsp3) is 0.636. The molecule has 0 aliphatic carbocycles. The summed E-state index contributed by atoms with van der Waals surface area (Å²) >= 11 is 0. The summed E-state index contributed by atoms with van der Waals surface area (Å²) in [5, 5.41) is 11.9. The third kappa shape index (κ3) is 2.59. The molecule has 3 heteroatoms. The molecule has 1 heterocycles. The van der Waals surface area contributed by atoms with E-state index in [9.17, 15) is 0 Å². The van der Waals surface area contributed by atoms with Crippen LogP contribution in [0.25, 0.3) is 0 Å². The fourth-order valence-corrected chi connectivity index (χ4v) is 1.52. The van der Waals surface area contributed by atoms with Crippen LogP contribution >= 0.6 is 0 Å². The van der Waals surface area contributed by atoms with Crippen molar-refractivity contribution in [2.24, 2.45) is 0 Å². The summed E-state index contributed by atoms with van der Waals surface area (Å²) in [6.45, 7) is 7.97. The van der Waals surface area contributed by atoms with Gasteiger partial charge in [0.1, 0.15) is 11.5 Å². The SMILES string of the molecule is Cc1oc(C)c(CNCCCO)c1C. The van der Waals surface area contributed by atoms with E-state index in [1.165, 1.54) is 11.1 Å². The minimum atomic E-state index is 0.245. The van der Waals surface area contributed by atoms with Crippen molar-refractivity contribution in [3.8, 4) is 0 Å². The van der Waals surface area contributed by atoms with Crippen LogP contribution in [0.3, 0.4) is 0 Å². The number of aliphatic hydroxyl groups excluding tert-OH is 1. The lowest BCUT2D eigenvalue weighted by Gasteiger charge is -2.03. The van der Waals surface area contributed by atoms with Gasteiger partial charge in [0, 0.05) is 18.7 Å². The minimum absolute atomic E-state index is 0.245. The van der Waals surface area contributed by atoms with Gasteiger partial charge in [0.15, 0.2) is 0 Å². The molecule has 0 aliphatic rings. The second-order valence-corrected chi connectivity index (χ2v) is 3.57. The van der Waals surface area contributed by atoms with E-state index < -0.39 is 0 Å². The summed E-state index contributed by atoms with van der Waals surface area (Å²) in [4.78, 5) is 0. The summed E-state index contributed by atoms with van der Waals surface area (Å²) < 4.78 is 5.51. The Balaban J connectivity index is 2.49. The molecule has 0 aliphatic heterocycles. The Morgan fingerprint density at radius 1 is 1.21 bits per heavy atom. The Morgan fingerprint density at radius 3 is 2.43 bits per heavy atom. The monoisotopic (exact) mass is 197 g/mol. The zero-order valence-corrected chi connectivity index (χ0v) is 9.18. The maximum Gasteiger partial charge on any atom is 0.105 e. The number of aliphatic hydroxyl groups is 1. The Kier molecular flexibility index (Phi) is 4.17. The topological polar surface area (TPSA) is 45.4 Å². The average Bonchev–Trinajstić information content (AvgIpc) is 2.38. The number of hydrogen-bond donors (Lipinski definition) is 2. The number of aryl methyl sites for hydroxylation is 2. The molecule has 0 saturated carbocycles. The van der Waals surface area contributed by atoms with E-state index in [0.29, 0.717) is 0 Å². The molecular formula is C11H19NO2. The van der Waals surface area contributed by atoms with Gasteiger partial charge in [-0.3, -0.25) is 0 Å². The maximum absolute atomic E-state index is 8.62. The zero-order chi connectivity index (χ0) is 10.6. The largest absolute Gasteiger partial charge is 0.466 e. The van der Waals surface area contributed by atoms with Crippen LogP contribution < -0.4 is 5.32 Å². The van der Waals surface area contributed by atoms with Gasteiger partial charge >= 0.3 is 0 Å². The molecule has 0 radical (unpaired) electrons. The third-order valence-electron chi connectivity index (χ3n) is 2.53. The molecule has 0 atom stereocenters. The van der Waals surface area contributed by atoms with Crippen molar-refractivity contribution in [3.63, 3.8) is 0 Å². The first-order valence-electron chi connectivity index (χ1n) is 5.04. The van der Waals surface area contributed by atoms with Crippen molar-refractivity contribution in [1.29, 1.82) is 0 Å². The van der Waals surface area contributed by atoms with Crippen molar-refractivity contribution >= 4 is 0 Å². The van der Waals surface area contributed by atoms with Crippen LogP contribution in [0.2, 0.25) is 0 Å². The Bertz CT molecular complexity index is 292. The molecule has 3 nitrogen and oxygen atoms in total. The fourth-order valence-electron chi connectivity index (χ4n) is 1.52. The van der Waals surface area contributed by atoms with Gasteiger partial charge in [0.05, 0.1) is 0 Å². The molecule has 0 saturated heterocycles. The molecule has 1 aromatic heterocycles. The highest BCUT2D eigenvalue weighted by molar-refractivity contribution is 5.31. The Morgan fingerprint density at radius 2 is 1.93 bits per heavy atom. The molecule has 80 valence electrons. The number of nitrogens with one attached hydrogen (secondary N) is 1. The standard InChI is InChI=1S/C11H19NO2/c1-8-9(2)14-10(3)11(8)7-12-5-4-6-13/h12-13H,4-7H2,1-3H3. The summed E-state index contributed by atoms with van der Waals surface area (Å²) in [7, 11) is 0. The quantitative estimate of drug-likeness (QED) is 0.706. The van der Waals surface area contributed by atoms with Gasteiger partial charge in [-0.1, -0.05) is 0 Å². The summed E-state index contributed by atoms with van der Waals surface area (Å²) in [6, 6.07) is 0. The first kappa shape index (κ1) is 11.3. The average molecular weight is 197 g/mol. The normalized spacial score (nSPS) is 10.9. The van der Waals surface area contributed by atoms with Crippen LogP contribution in [0.5, 0.6) is 0 Å². The molecule has 0 spiro atoms. The van der Waals surface area contributed by atoms with Crippen molar-refractivity contribution in [2.45, 2.75) is 33.7 Å². The van der Waals surface area contributed by atoms with Crippen molar-refractivity contribution in [2.75, 3.05) is 13.2 Å². The lowest BCUT2D eigenvalue weighted by Crippen LogP contribution is -2.16. The van der Waals surface area contributed by atoms with Gasteiger partial charge in [-0.05, 0) is 39.3 Å². The molecular weight excluding hydrogens is 178 g/mol. The van der Waals surface area contributed by atoms with E-state index in [-0.39, 0.29) is 6.61 Å². The second kappa shape index (κ2) is 5.17. The summed E-state index contributed by atoms with van der Waals surface area (Å²) in [6.07, 6.45) is 0.801. The van der Waals surface area contributed by atoms with Crippen LogP contribution in [0, 0.1) is 20.8 Å². The molecule has 0 bridgehead atoms. The first-order chi connectivity index (χ1) is 6.66. The number of hydrogen-bond acceptors (Lipinski definition) is 3. The Hall–Kier alpha value is -0.800. The van der Waals surface area contributed by atoms with Crippen molar-refractivity contribution < 1.29 is 9.52 Å². The lowest BCUT2D eigenvalue weighted by atomic mass is 10.1. The van der Waals surface area contributed by atoms with Gasteiger partial charge in [0.25, 0.3) is 0 Å².